The van der Waals surface area contributed by atoms with E-state index in [0.29, 0.717) is 6.54 Å². The van der Waals surface area contributed by atoms with E-state index in [4.69, 9.17) is 10.7 Å². The van der Waals surface area contributed by atoms with Crippen LogP contribution < -0.4 is 5.73 Å². The van der Waals surface area contributed by atoms with Gasteiger partial charge in [0, 0.05) is 21.3 Å². The Bertz CT molecular complexity index is 752. The van der Waals surface area contributed by atoms with E-state index in [1.807, 2.05) is 25.1 Å². The predicted octanol–water partition coefficient (Wildman–Crippen LogP) is 3.89. The number of aromatic nitrogens is 2. The summed E-state index contributed by atoms with van der Waals surface area (Å²) in [6.07, 6.45) is 0. The minimum Gasteiger partial charge on any atom is -0.326 e. The molecule has 3 rings (SSSR count). The predicted molar refractivity (Wildman–Crippen MR) is 83.2 cm³/mol. The van der Waals surface area contributed by atoms with Gasteiger partial charge in [0.1, 0.15) is 10.7 Å². The van der Waals surface area contributed by atoms with Gasteiger partial charge in [-0.15, -0.1) is 11.3 Å². The third kappa shape index (κ3) is 2.29. The van der Waals surface area contributed by atoms with E-state index in [1.54, 1.807) is 11.3 Å². The second kappa shape index (κ2) is 5.00. The first-order chi connectivity index (χ1) is 9.19. The van der Waals surface area contributed by atoms with Crippen molar-refractivity contribution in [2.24, 2.45) is 5.73 Å². The summed E-state index contributed by atoms with van der Waals surface area (Å²) in [5, 5.41) is 2.03. The Hall–Kier alpha value is -1.30. The molecule has 0 fully saturated rings. The number of rotatable bonds is 2. The fourth-order valence-electron chi connectivity index (χ4n) is 1.96. The number of nitrogens with zero attached hydrogens (tertiary/aromatic N) is 2. The molecule has 0 spiro atoms. The molecule has 0 bridgehead atoms. The van der Waals surface area contributed by atoms with Crippen LogP contribution >= 0.6 is 27.3 Å². The first-order valence-electron chi connectivity index (χ1n) is 5.91. The first kappa shape index (κ1) is 12.7. The zero-order chi connectivity index (χ0) is 13.4. The largest absolute Gasteiger partial charge is 0.326 e. The molecule has 0 radical (unpaired) electrons. The van der Waals surface area contributed by atoms with Crippen LogP contribution in [0, 0.1) is 6.92 Å². The molecule has 2 heterocycles. The number of aryl methyl sites for hydroxylation is 1. The zero-order valence-electron chi connectivity index (χ0n) is 10.4. The lowest BCUT2D eigenvalue weighted by Crippen LogP contribution is -1.94. The zero-order valence-corrected chi connectivity index (χ0v) is 12.8. The van der Waals surface area contributed by atoms with Crippen LogP contribution in [-0.2, 0) is 6.54 Å². The van der Waals surface area contributed by atoms with E-state index in [1.165, 1.54) is 0 Å². The molecule has 0 aliphatic carbocycles. The summed E-state index contributed by atoms with van der Waals surface area (Å²) in [6.45, 7) is 2.51. The first-order valence-corrected chi connectivity index (χ1v) is 7.52. The number of halogens is 1. The third-order valence-electron chi connectivity index (χ3n) is 2.96. The smallest absolute Gasteiger partial charge is 0.143 e. The summed E-state index contributed by atoms with van der Waals surface area (Å²) in [4.78, 5) is 10.4. The minimum atomic E-state index is 0.523. The molecule has 5 heteroatoms. The van der Waals surface area contributed by atoms with Gasteiger partial charge in [0.05, 0.1) is 11.2 Å². The lowest BCUT2D eigenvalue weighted by Gasteiger charge is -2.03. The van der Waals surface area contributed by atoms with Gasteiger partial charge in [0.2, 0.25) is 0 Å². The molecule has 3 aromatic rings. The number of nitrogens with two attached hydrogens (primary N) is 1. The Kier molecular flexibility index (Phi) is 3.35. The number of hydrogen-bond donors (Lipinski definition) is 1. The number of hydrogen-bond acceptors (Lipinski definition) is 4. The Labute approximate surface area is 123 Å². The highest BCUT2D eigenvalue weighted by molar-refractivity contribution is 9.10. The molecule has 0 aliphatic rings. The van der Waals surface area contributed by atoms with Crippen LogP contribution in [0.25, 0.3) is 21.6 Å². The van der Waals surface area contributed by atoms with E-state index in [9.17, 15) is 0 Å². The quantitative estimate of drug-likeness (QED) is 0.774. The summed E-state index contributed by atoms with van der Waals surface area (Å²) in [5.41, 5.74) is 8.55. The summed E-state index contributed by atoms with van der Waals surface area (Å²) in [5.74, 6) is 0. The second-order valence-electron chi connectivity index (χ2n) is 4.24. The highest BCUT2D eigenvalue weighted by atomic mass is 79.9. The van der Waals surface area contributed by atoms with Crippen molar-refractivity contribution < 1.29 is 0 Å². The number of pyridine rings is 1. The van der Waals surface area contributed by atoms with E-state index < -0.39 is 0 Å². The monoisotopic (exact) mass is 333 g/mol. The fraction of sp³-hybridized carbons (Fsp3) is 0.143. The van der Waals surface area contributed by atoms with E-state index in [-0.39, 0.29) is 0 Å². The van der Waals surface area contributed by atoms with Crippen molar-refractivity contribution in [2.45, 2.75) is 13.5 Å². The average molecular weight is 334 g/mol. The summed E-state index contributed by atoms with van der Waals surface area (Å²) in [7, 11) is 0. The maximum Gasteiger partial charge on any atom is 0.143 e. The number of benzene rings is 1. The van der Waals surface area contributed by atoms with Gasteiger partial charge in [0.25, 0.3) is 0 Å². The molecule has 2 N–H and O–H groups in total. The highest BCUT2D eigenvalue weighted by Gasteiger charge is 2.13. The molecule has 1 aromatic carbocycles. The lowest BCUT2D eigenvalue weighted by molar-refractivity contribution is 1.06. The normalized spacial score (nSPS) is 11.1. The van der Waals surface area contributed by atoms with Crippen LogP contribution in [0.2, 0.25) is 0 Å². The Morgan fingerprint density at radius 3 is 2.79 bits per heavy atom. The van der Waals surface area contributed by atoms with Crippen LogP contribution in [0.3, 0.4) is 0 Å². The van der Waals surface area contributed by atoms with Crippen molar-refractivity contribution in [2.75, 3.05) is 0 Å². The topological polar surface area (TPSA) is 51.8 Å². The van der Waals surface area contributed by atoms with Gasteiger partial charge in [-0.3, -0.25) is 0 Å². The maximum absolute atomic E-state index is 5.71. The standard InChI is InChI=1S/C14H12BrN3S/c1-8-12(7-16)19-14(17-8)13-10(15)6-9-4-2-3-5-11(9)18-13/h2-6H,7,16H2,1H3. The molecule has 0 aliphatic heterocycles. The Morgan fingerprint density at radius 1 is 1.26 bits per heavy atom. The molecular formula is C14H12BrN3S. The van der Waals surface area contributed by atoms with Gasteiger partial charge in [-0.25, -0.2) is 9.97 Å². The van der Waals surface area contributed by atoms with Crippen molar-refractivity contribution in [1.29, 1.82) is 0 Å². The second-order valence-corrected chi connectivity index (χ2v) is 6.18. The van der Waals surface area contributed by atoms with Crippen molar-refractivity contribution >= 4 is 38.2 Å². The molecule has 0 atom stereocenters. The molecule has 0 saturated heterocycles. The summed E-state index contributed by atoms with van der Waals surface area (Å²) in [6, 6.07) is 10.1. The van der Waals surface area contributed by atoms with Crippen molar-refractivity contribution in [3.63, 3.8) is 0 Å². The van der Waals surface area contributed by atoms with Gasteiger partial charge < -0.3 is 5.73 Å². The van der Waals surface area contributed by atoms with Gasteiger partial charge in [-0.1, -0.05) is 18.2 Å². The van der Waals surface area contributed by atoms with Crippen LogP contribution in [0.1, 0.15) is 10.6 Å². The molecule has 96 valence electrons. The number of fused-ring (bicyclic) bond motifs is 1. The Morgan fingerprint density at radius 2 is 2.05 bits per heavy atom. The number of thiazole rings is 1. The van der Waals surface area contributed by atoms with Crippen LogP contribution in [0.15, 0.2) is 34.8 Å². The van der Waals surface area contributed by atoms with E-state index >= 15 is 0 Å². The molecule has 19 heavy (non-hydrogen) atoms. The van der Waals surface area contributed by atoms with Gasteiger partial charge in [-0.05, 0) is 35.0 Å². The summed E-state index contributed by atoms with van der Waals surface area (Å²) >= 11 is 5.19. The third-order valence-corrected chi connectivity index (χ3v) is 4.75. The van der Waals surface area contributed by atoms with Gasteiger partial charge in [0.15, 0.2) is 0 Å². The van der Waals surface area contributed by atoms with Crippen LogP contribution in [0.5, 0.6) is 0 Å². The molecule has 0 amide bonds. The molecule has 0 unspecified atom stereocenters. The van der Waals surface area contributed by atoms with Crippen molar-refractivity contribution in [3.05, 3.63) is 45.4 Å². The van der Waals surface area contributed by atoms with E-state index in [2.05, 4.69) is 33.0 Å². The lowest BCUT2D eigenvalue weighted by atomic mass is 10.2. The average Bonchev–Trinajstić information content (AvgIpc) is 2.79. The van der Waals surface area contributed by atoms with E-state index in [0.717, 1.165) is 36.6 Å². The fourth-order valence-corrected chi connectivity index (χ4v) is 3.56. The SMILES string of the molecule is Cc1nc(-c2nc3ccccc3cc2Br)sc1CN. The molecular weight excluding hydrogens is 322 g/mol. The number of para-hydroxylation sites is 1. The molecule has 2 aromatic heterocycles. The van der Waals surface area contributed by atoms with Crippen LogP contribution in [-0.4, -0.2) is 9.97 Å². The summed E-state index contributed by atoms with van der Waals surface area (Å²) < 4.78 is 0.962. The Balaban J connectivity index is 2.20. The van der Waals surface area contributed by atoms with Crippen molar-refractivity contribution in [3.8, 4) is 10.7 Å². The minimum absolute atomic E-state index is 0.523. The van der Waals surface area contributed by atoms with Crippen molar-refractivity contribution in [1.82, 2.24) is 9.97 Å². The van der Waals surface area contributed by atoms with Crippen LogP contribution in [0.4, 0.5) is 0 Å². The molecule has 3 nitrogen and oxygen atoms in total. The highest BCUT2D eigenvalue weighted by Crippen LogP contribution is 2.33. The van der Waals surface area contributed by atoms with Gasteiger partial charge in [-0.2, -0.15) is 0 Å². The van der Waals surface area contributed by atoms with Gasteiger partial charge >= 0.3 is 0 Å². The maximum atomic E-state index is 5.71. The molecule has 0 saturated carbocycles.